The van der Waals surface area contributed by atoms with Gasteiger partial charge in [0, 0.05) is 37.3 Å². The van der Waals surface area contributed by atoms with Crippen molar-refractivity contribution in [1.29, 1.82) is 0 Å². The number of anilines is 1. The number of para-hydroxylation sites is 1. The Balaban J connectivity index is 1.29. The van der Waals surface area contributed by atoms with Gasteiger partial charge in [0.25, 0.3) is 11.8 Å². The average Bonchev–Trinajstić information content (AvgIpc) is 3.37. The standard InChI is InChI=1S/C24H25N5O2/c30-22(25-19-9-5-2-6-10-19)21-27-26-20-11-12-24(14-16-29(20)21)13-15-28(17-24)23(31)18-7-3-1-4-8-18/h1-10H,11-17H2,(H,25,30)/t24-/m1/s1. The number of hydrogen-bond acceptors (Lipinski definition) is 4. The largest absolute Gasteiger partial charge is 0.338 e. The Kier molecular flexibility index (Phi) is 5.02. The summed E-state index contributed by atoms with van der Waals surface area (Å²) in [6, 6.07) is 18.8. The van der Waals surface area contributed by atoms with Gasteiger partial charge in [-0.1, -0.05) is 36.4 Å². The van der Waals surface area contributed by atoms with Crippen molar-refractivity contribution >= 4 is 17.5 Å². The smallest absolute Gasteiger partial charge is 0.293 e. The Morgan fingerprint density at radius 3 is 2.35 bits per heavy atom. The van der Waals surface area contributed by atoms with E-state index in [4.69, 9.17) is 0 Å². The second kappa shape index (κ2) is 7.98. The highest BCUT2D eigenvalue weighted by molar-refractivity contribution is 6.01. The zero-order valence-corrected chi connectivity index (χ0v) is 17.3. The first-order chi connectivity index (χ1) is 15.1. The van der Waals surface area contributed by atoms with Gasteiger partial charge in [-0.3, -0.25) is 9.59 Å². The monoisotopic (exact) mass is 415 g/mol. The van der Waals surface area contributed by atoms with Crippen LogP contribution in [0.5, 0.6) is 0 Å². The van der Waals surface area contributed by atoms with Crippen molar-refractivity contribution in [1.82, 2.24) is 19.7 Å². The maximum atomic E-state index is 12.9. The van der Waals surface area contributed by atoms with Crippen LogP contribution in [0.3, 0.4) is 0 Å². The van der Waals surface area contributed by atoms with Gasteiger partial charge in [-0.2, -0.15) is 0 Å². The van der Waals surface area contributed by atoms with Crippen molar-refractivity contribution in [3.63, 3.8) is 0 Å². The van der Waals surface area contributed by atoms with Gasteiger partial charge in [0.2, 0.25) is 5.82 Å². The van der Waals surface area contributed by atoms with Gasteiger partial charge in [0.05, 0.1) is 0 Å². The SMILES string of the molecule is O=C(Nc1ccccc1)c1nnc2n1CC[C@@]1(CC2)CCN(C(=O)c2ccccc2)C1. The van der Waals surface area contributed by atoms with Crippen LogP contribution in [0.2, 0.25) is 0 Å². The van der Waals surface area contributed by atoms with Crippen molar-refractivity contribution < 1.29 is 9.59 Å². The molecule has 1 N–H and O–H groups in total. The Morgan fingerprint density at radius 2 is 1.58 bits per heavy atom. The van der Waals surface area contributed by atoms with Crippen LogP contribution in [0.4, 0.5) is 5.69 Å². The molecule has 3 aromatic rings. The topological polar surface area (TPSA) is 80.1 Å². The number of hydrogen-bond donors (Lipinski definition) is 1. The molecule has 0 aliphatic carbocycles. The van der Waals surface area contributed by atoms with E-state index in [1.54, 1.807) is 0 Å². The van der Waals surface area contributed by atoms with Crippen molar-refractivity contribution in [2.75, 3.05) is 18.4 Å². The van der Waals surface area contributed by atoms with Gasteiger partial charge in [-0.15, -0.1) is 10.2 Å². The summed E-state index contributed by atoms with van der Waals surface area (Å²) in [5.41, 5.74) is 1.55. The zero-order chi connectivity index (χ0) is 21.3. The van der Waals surface area contributed by atoms with E-state index in [9.17, 15) is 9.59 Å². The summed E-state index contributed by atoms with van der Waals surface area (Å²) < 4.78 is 1.95. The second-order valence-corrected chi connectivity index (χ2v) is 8.50. The summed E-state index contributed by atoms with van der Waals surface area (Å²) in [5.74, 6) is 1.06. The normalized spacial score (nSPS) is 20.3. The molecule has 0 bridgehead atoms. The number of amides is 2. The zero-order valence-electron chi connectivity index (χ0n) is 17.3. The molecule has 31 heavy (non-hydrogen) atoms. The lowest BCUT2D eigenvalue weighted by Crippen LogP contribution is -2.32. The van der Waals surface area contributed by atoms with Crippen molar-refractivity contribution in [3.05, 3.63) is 77.9 Å². The summed E-state index contributed by atoms with van der Waals surface area (Å²) in [6.07, 6.45) is 3.60. The number of rotatable bonds is 3. The Morgan fingerprint density at radius 1 is 0.871 bits per heavy atom. The van der Waals surface area contributed by atoms with Gasteiger partial charge < -0.3 is 14.8 Å². The summed E-state index contributed by atoms with van der Waals surface area (Å²) in [5, 5.41) is 11.4. The van der Waals surface area contributed by atoms with Crippen LogP contribution in [-0.2, 0) is 13.0 Å². The van der Waals surface area contributed by atoms with Gasteiger partial charge in [0.15, 0.2) is 0 Å². The molecule has 2 aliphatic heterocycles. The third-order valence-electron chi connectivity index (χ3n) is 6.55. The second-order valence-electron chi connectivity index (χ2n) is 8.50. The minimum atomic E-state index is -0.242. The number of carbonyl (C=O) groups excluding carboxylic acids is 2. The predicted octanol–water partition coefficient (Wildman–Crippen LogP) is 3.40. The molecule has 0 radical (unpaired) electrons. The fourth-order valence-electron chi connectivity index (χ4n) is 4.76. The van der Waals surface area contributed by atoms with Crippen LogP contribution < -0.4 is 5.32 Å². The molecule has 5 rings (SSSR count). The molecular formula is C24H25N5O2. The van der Waals surface area contributed by atoms with Gasteiger partial charge in [0.1, 0.15) is 5.82 Å². The highest BCUT2D eigenvalue weighted by Crippen LogP contribution is 2.41. The van der Waals surface area contributed by atoms with E-state index in [-0.39, 0.29) is 17.2 Å². The fourth-order valence-corrected chi connectivity index (χ4v) is 4.76. The lowest BCUT2D eigenvalue weighted by Gasteiger charge is -2.27. The quantitative estimate of drug-likeness (QED) is 0.711. The van der Waals surface area contributed by atoms with E-state index in [1.165, 1.54) is 0 Å². The third-order valence-corrected chi connectivity index (χ3v) is 6.55. The number of nitrogens with one attached hydrogen (secondary N) is 1. The first-order valence-corrected chi connectivity index (χ1v) is 10.8. The molecule has 1 aromatic heterocycles. The molecule has 7 heteroatoms. The van der Waals surface area contributed by atoms with Crippen LogP contribution in [0.15, 0.2) is 60.7 Å². The van der Waals surface area contributed by atoms with Crippen molar-refractivity contribution in [2.24, 2.45) is 5.41 Å². The molecule has 0 saturated carbocycles. The van der Waals surface area contributed by atoms with Crippen LogP contribution in [0, 0.1) is 5.41 Å². The predicted molar refractivity (Wildman–Crippen MR) is 117 cm³/mol. The van der Waals surface area contributed by atoms with Crippen LogP contribution >= 0.6 is 0 Å². The first kappa shape index (κ1) is 19.5. The number of likely N-dealkylation sites (tertiary alicyclic amines) is 1. The van der Waals surface area contributed by atoms with E-state index in [2.05, 4.69) is 15.5 Å². The van der Waals surface area contributed by atoms with Crippen molar-refractivity contribution in [2.45, 2.75) is 32.2 Å². The Labute approximate surface area is 181 Å². The Bertz CT molecular complexity index is 1100. The molecule has 0 unspecified atom stereocenters. The molecule has 1 spiro atoms. The van der Waals surface area contributed by atoms with E-state index in [0.29, 0.717) is 12.4 Å². The van der Waals surface area contributed by atoms with Crippen LogP contribution in [0.1, 0.15) is 46.1 Å². The average molecular weight is 415 g/mol. The number of nitrogens with zero attached hydrogens (tertiary/aromatic N) is 4. The molecule has 158 valence electrons. The number of fused-ring (bicyclic) bond motifs is 1. The van der Waals surface area contributed by atoms with Crippen LogP contribution in [0.25, 0.3) is 0 Å². The number of benzene rings is 2. The van der Waals surface area contributed by atoms with Crippen LogP contribution in [-0.4, -0.2) is 44.6 Å². The lowest BCUT2D eigenvalue weighted by atomic mass is 9.80. The molecular weight excluding hydrogens is 390 g/mol. The minimum absolute atomic E-state index is 0.0678. The Hall–Kier alpha value is -3.48. The van der Waals surface area contributed by atoms with E-state index >= 15 is 0 Å². The van der Waals surface area contributed by atoms with Crippen molar-refractivity contribution in [3.8, 4) is 0 Å². The fraction of sp³-hybridized carbons (Fsp3) is 0.333. The molecule has 3 heterocycles. The summed E-state index contributed by atoms with van der Waals surface area (Å²) in [6.45, 7) is 2.22. The van der Waals surface area contributed by atoms with Gasteiger partial charge in [-0.05, 0) is 48.9 Å². The summed E-state index contributed by atoms with van der Waals surface area (Å²) in [7, 11) is 0. The van der Waals surface area contributed by atoms with E-state index in [0.717, 1.165) is 55.8 Å². The first-order valence-electron chi connectivity index (χ1n) is 10.8. The molecule has 7 nitrogen and oxygen atoms in total. The number of aromatic nitrogens is 3. The molecule has 2 aliphatic rings. The molecule has 1 atom stereocenters. The minimum Gasteiger partial charge on any atom is -0.338 e. The lowest BCUT2D eigenvalue weighted by molar-refractivity contribution is 0.0767. The molecule has 1 saturated heterocycles. The van der Waals surface area contributed by atoms with E-state index in [1.807, 2.05) is 70.1 Å². The number of aryl methyl sites for hydroxylation is 1. The highest BCUT2D eigenvalue weighted by Gasteiger charge is 2.41. The van der Waals surface area contributed by atoms with E-state index < -0.39 is 0 Å². The molecule has 2 amide bonds. The molecule has 2 aromatic carbocycles. The highest BCUT2D eigenvalue weighted by atomic mass is 16.2. The van der Waals surface area contributed by atoms with Gasteiger partial charge in [-0.25, -0.2) is 0 Å². The molecule has 1 fully saturated rings. The maximum Gasteiger partial charge on any atom is 0.293 e. The van der Waals surface area contributed by atoms with Gasteiger partial charge >= 0.3 is 0 Å². The summed E-state index contributed by atoms with van der Waals surface area (Å²) >= 11 is 0. The summed E-state index contributed by atoms with van der Waals surface area (Å²) in [4.78, 5) is 27.6. The maximum absolute atomic E-state index is 12.9. The third kappa shape index (κ3) is 3.83. The number of carbonyl (C=O) groups is 2.